The average molecular weight is 471 g/mol. The number of thiophene rings is 1. The zero-order valence-corrected chi connectivity index (χ0v) is 19.2. The topological polar surface area (TPSA) is 94.3 Å². The molecular weight excluding hydrogens is 448 g/mol. The number of carbonyl (C=O) groups is 2. The maximum absolute atomic E-state index is 12.9. The Balaban J connectivity index is 1.14. The molecule has 0 spiro atoms. The second kappa shape index (κ2) is 9.37. The maximum Gasteiger partial charge on any atom is 0.322 e. The number of nitriles is 1. The van der Waals surface area contributed by atoms with Crippen molar-refractivity contribution in [3.05, 3.63) is 83.0 Å². The van der Waals surface area contributed by atoms with Gasteiger partial charge in [0.2, 0.25) is 0 Å². The number of nitrogens with zero attached hydrogens (tertiary/aromatic N) is 5. The Morgan fingerprint density at radius 1 is 1.03 bits per heavy atom. The second-order valence-corrected chi connectivity index (χ2v) is 9.18. The molecule has 0 bridgehead atoms. The first-order chi connectivity index (χ1) is 16.6. The minimum atomic E-state index is -0.202. The van der Waals surface area contributed by atoms with E-state index in [1.54, 1.807) is 34.1 Å². The summed E-state index contributed by atoms with van der Waals surface area (Å²) >= 11 is 1.50. The Labute approximate surface area is 200 Å². The number of amides is 3. The Morgan fingerprint density at radius 3 is 2.50 bits per heavy atom. The monoisotopic (exact) mass is 470 g/mol. The fourth-order valence-corrected chi connectivity index (χ4v) is 4.98. The van der Waals surface area contributed by atoms with Gasteiger partial charge in [-0.2, -0.15) is 10.4 Å². The summed E-state index contributed by atoms with van der Waals surface area (Å²) < 4.78 is 2.84. The van der Waals surface area contributed by atoms with Crippen molar-refractivity contribution < 1.29 is 9.59 Å². The molecule has 1 fully saturated rings. The number of anilines is 1. The van der Waals surface area contributed by atoms with Gasteiger partial charge in [0, 0.05) is 37.1 Å². The number of piperazine rings is 1. The molecule has 0 atom stereocenters. The summed E-state index contributed by atoms with van der Waals surface area (Å²) in [6.07, 6.45) is 3.39. The fourth-order valence-electron chi connectivity index (χ4n) is 3.94. The number of hydrogen-bond donors (Lipinski definition) is 1. The minimum absolute atomic E-state index is 0.0188. The van der Waals surface area contributed by atoms with Crippen LogP contribution in [0.2, 0.25) is 0 Å². The highest BCUT2D eigenvalue weighted by Gasteiger charge is 2.26. The third-order valence-corrected chi connectivity index (χ3v) is 6.91. The highest BCUT2D eigenvalue weighted by atomic mass is 32.1. The SMILES string of the molecule is N#Cc1ccc(Cn2cc(NC(=O)N3CCN(C(=O)c4cc5ccccc5s4)CC3)cn2)cc1. The number of carbonyl (C=O) groups excluding carboxylic acids is 2. The van der Waals surface area contributed by atoms with E-state index in [2.05, 4.69) is 16.5 Å². The van der Waals surface area contributed by atoms with Crippen LogP contribution < -0.4 is 5.32 Å². The number of rotatable bonds is 4. The van der Waals surface area contributed by atoms with Crippen LogP contribution in [0.3, 0.4) is 0 Å². The normalized spacial score (nSPS) is 13.6. The van der Waals surface area contributed by atoms with Gasteiger partial charge in [-0.05, 0) is 35.2 Å². The molecule has 3 amide bonds. The molecular formula is C25H22N6O2S. The summed E-state index contributed by atoms with van der Waals surface area (Å²) in [5.41, 5.74) is 2.24. The van der Waals surface area contributed by atoms with Crippen molar-refractivity contribution in [3.8, 4) is 6.07 Å². The number of urea groups is 1. The molecule has 170 valence electrons. The first-order valence-electron chi connectivity index (χ1n) is 10.9. The van der Waals surface area contributed by atoms with E-state index >= 15 is 0 Å². The molecule has 1 saturated heterocycles. The summed E-state index contributed by atoms with van der Waals surface area (Å²) in [6.45, 7) is 2.49. The van der Waals surface area contributed by atoms with Crippen molar-refractivity contribution in [1.29, 1.82) is 5.26 Å². The molecule has 2 aromatic carbocycles. The molecule has 0 aliphatic carbocycles. The molecule has 9 heteroatoms. The summed E-state index contributed by atoms with van der Waals surface area (Å²) in [7, 11) is 0. The summed E-state index contributed by atoms with van der Waals surface area (Å²) in [5, 5.41) is 17.2. The molecule has 0 saturated carbocycles. The van der Waals surface area contributed by atoms with E-state index in [1.165, 1.54) is 11.3 Å². The quantitative estimate of drug-likeness (QED) is 0.488. The van der Waals surface area contributed by atoms with Gasteiger partial charge in [0.05, 0.1) is 34.9 Å². The molecule has 4 aromatic rings. The Kier molecular flexibility index (Phi) is 5.97. The molecule has 2 aromatic heterocycles. The van der Waals surface area contributed by atoms with Crippen LogP contribution in [0.4, 0.5) is 10.5 Å². The van der Waals surface area contributed by atoms with Crippen LogP contribution in [0.5, 0.6) is 0 Å². The van der Waals surface area contributed by atoms with E-state index in [4.69, 9.17) is 5.26 Å². The van der Waals surface area contributed by atoms with Crippen molar-refractivity contribution in [1.82, 2.24) is 19.6 Å². The lowest BCUT2D eigenvalue weighted by molar-refractivity contribution is 0.0676. The summed E-state index contributed by atoms with van der Waals surface area (Å²) in [4.78, 5) is 29.9. The van der Waals surface area contributed by atoms with Gasteiger partial charge in [0.25, 0.3) is 5.91 Å². The predicted octanol–water partition coefficient (Wildman–Crippen LogP) is 4.01. The summed E-state index contributed by atoms with van der Waals surface area (Å²) in [6, 6.07) is 19.1. The van der Waals surface area contributed by atoms with Crippen molar-refractivity contribution in [2.45, 2.75) is 6.54 Å². The van der Waals surface area contributed by atoms with Gasteiger partial charge in [-0.3, -0.25) is 9.48 Å². The maximum atomic E-state index is 12.9. The van der Waals surface area contributed by atoms with Crippen LogP contribution in [0.1, 0.15) is 20.8 Å². The number of hydrogen-bond acceptors (Lipinski definition) is 5. The first-order valence-corrected chi connectivity index (χ1v) is 11.8. The van der Waals surface area contributed by atoms with Crippen LogP contribution in [0, 0.1) is 11.3 Å². The van der Waals surface area contributed by atoms with E-state index in [-0.39, 0.29) is 11.9 Å². The highest BCUT2D eigenvalue weighted by molar-refractivity contribution is 7.20. The number of aromatic nitrogens is 2. The first kappa shape index (κ1) is 21.7. The predicted molar refractivity (Wildman–Crippen MR) is 131 cm³/mol. The lowest BCUT2D eigenvalue weighted by Crippen LogP contribution is -2.51. The molecule has 0 unspecified atom stereocenters. The van der Waals surface area contributed by atoms with Crippen molar-refractivity contribution in [2.24, 2.45) is 0 Å². The zero-order chi connectivity index (χ0) is 23.5. The van der Waals surface area contributed by atoms with Gasteiger partial charge in [-0.25, -0.2) is 4.79 Å². The van der Waals surface area contributed by atoms with Crippen LogP contribution >= 0.6 is 11.3 Å². The van der Waals surface area contributed by atoms with Crippen LogP contribution in [-0.2, 0) is 6.54 Å². The van der Waals surface area contributed by atoms with E-state index in [0.717, 1.165) is 20.5 Å². The van der Waals surface area contributed by atoms with Crippen LogP contribution in [0.15, 0.2) is 67.0 Å². The van der Waals surface area contributed by atoms with E-state index in [1.807, 2.05) is 47.4 Å². The van der Waals surface area contributed by atoms with Crippen LogP contribution in [0.25, 0.3) is 10.1 Å². The van der Waals surface area contributed by atoms with Crippen LogP contribution in [-0.4, -0.2) is 57.7 Å². The standard InChI is InChI=1S/C25H22N6O2S/c26-14-18-5-7-19(8-6-18)16-31-17-21(15-27-31)28-25(33)30-11-9-29(10-12-30)24(32)23-13-20-3-1-2-4-22(20)34-23/h1-8,13,15,17H,9-12,16H2,(H,28,33). The Bertz CT molecular complexity index is 1340. The number of fused-ring (bicyclic) bond motifs is 1. The Hall–Kier alpha value is -4.16. The number of benzene rings is 2. The van der Waals surface area contributed by atoms with Gasteiger partial charge in [0.1, 0.15) is 0 Å². The fraction of sp³-hybridized carbons (Fsp3) is 0.200. The number of nitrogens with one attached hydrogen (secondary N) is 1. The minimum Gasteiger partial charge on any atom is -0.334 e. The molecule has 1 aliphatic rings. The van der Waals surface area contributed by atoms with Gasteiger partial charge in [-0.1, -0.05) is 30.3 Å². The lowest BCUT2D eigenvalue weighted by Gasteiger charge is -2.34. The van der Waals surface area contributed by atoms with Gasteiger partial charge < -0.3 is 15.1 Å². The largest absolute Gasteiger partial charge is 0.334 e. The van der Waals surface area contributed by atoms with Crippen molar-refractivity contribution in [2.75, 3.05) is 31.5 Å². The third kappa shape index (κ3) is 4.63. The van der Waals surface area contributed by atoms with E-state index in [0.29, 0.717) is 44.0 Å². The summed E-state index contributed by atoms with van der Waals surface area (Å²) in [5.74, 6) is 0.0188. The molecule has 34 heavy (non-hydrogen) atoms. The van der Waals surface area contributed by atoms with E-state index < -0.39 is 0 Å². The molecule has 5 rings (SSSR count). The molecule has 1 N–H and O–H groups in total. The highest BCUT2D eigenvalue weighted by Crippen LogP contribution is 2.26. The second-order valence-electron chi connectivity index (χ2n) is 8.09. The third-order valence-electron chi connectivity index (χ3n) is 5.80. The van der Waals surface area contributed by atoms with Crippen molar-refractivity contribution >= 4 is 39.0 Å². The molecule has 1 aliphatic heterocycles. The van der Waals surface area contributed by atoms with Gasteiger partial charge in [0.15, 0.2) is 0 Å². The molecule has 8 nitrogen and oxygen atoms in total. The van der Waals surface area contributed by atoms with E-state index in [9.17, 15) is 9.59 Å². The average Bonchev–Trinajstić information content (AvgIpc) is 3.51. The molecule has 3 heterocycles. The molecule has 0 radical (unpaired) electrons. The van der Waals surface area contributed by atoms with Gasteiger partial charge in [-0.15, -0.1) is 11.3 Å². The van der Waals surface area contributed by atoms with Gasteiger partial charge >= 0.3 is 6.03 Å². The smallest absolute Gasteiger partial charge is 0.322 e. The lowest BCUT2D eigenvalue weighted by atomic mass is 10.1. The van der Waals surface area contributed by atoms with Crippen molar-refractivity contribution in [3.63, 3.8) is 0 Å². The Morgan fingerprint density at radius 2 is 1.76 bits per heavy atom. The zero-order valence-electron chi connectivity index (χ0n) is 18.3.